The summed E-state index contributed by atoms with van der Waals surface area (Å²) < 4.78 is 25.7. The number of phenolic OH excluding ortho intramolecular Hbond substituents is 1. The maximum absolute atomic E-state index is 12.6. The summed E-state index contributed by atoms with van der Waals surface area (Å²) in [6.07, 6.45) is 0. The van der Waals surface area contributed by atoms with Gasteiger partial charge in [-0.1, -0.05) is 23.2 Å². The first-order chi connectivity index (χ1) is 8.82. The second kappa shape index (κ2) is 7.43. The van der Waals surface area contributed by atoms with E-state index in [9.17, 15) is 8.78 Å². The maximum atomic E-state index is 12.6. The van der Waals surface area contributed by atoms with Crippen LogP contribution in [0.15, 0.2) is 39.3 Å². The van der Waals surface area contributed by atoms with E-state index in [1.165, 1.54) is 18.2 Å². The molecule has 0 unspecified atom stereocenters. The Morgan fingerprint density at radius 2 is 1.53 bits per heavy atom. The van der Waals surface area contributed by atoms with Crippen molar-refractivity contribution in [1.82, 2.24) is 0 Å². The second-order valence-electron chi connectivity index (χ2n) is 3.25. The summed E-state index contributed by atoms with van der Waals surface area (Å²) in [4.78, 5) is 0. The van der Waals surface area contributed by atoms with Crippen LogP contribution in [0.4, 0.5) is 8.78 Å². The first-order valence-electron chi connectivity index (χ1n) is 4.76. The molecule has 0 aliphatic heterocycles. The largest absolute Gasteiger partial charge is 0.504 e. The number of phenols is 1. The van der Waals surface area contributed by atoms with E-state index in [2.05, 4.69) is 31.9 Å². The number of halogens is 6. The fraction of sp³-hybridized carbons (Fsp3) is 0. The number of rotatable bonds is 0. The molecular formula is C12H6Br2Cl2F2O. The van der Waals surface area contributed by atoms with Crippen LogP contribution in [0.5, 0.6) is 5.75 Å². The molecule has 0 radical (unpaired) electrons. The number of aromatic hydroxyl groups is 1. The minimum atomic E-state index is -0.729. The van der Waals surface area contributed by atoms with Crippen LogP contribution >= 0.6 is 55.1 Å². The molecule has 0 amide bonds. The Bertz CT molecular complexity index is 567. The minimum absolute atomic E-state index is 0.0145. The van der Waals surface area contributed by atoms with Crippen LogP contribution in [0.3, 0.4) is 0 Å². The van der Waals surface area contributed by atoms with Gasteiger partial charge in [0.2, 0.25) is 0 Å². The Balaban J connectivity index is 0.000000191. The third-order valence-electron chi connectivity index (χ3n) is 1.90. The van der Waals surface area contributed by atoms with Gasteiger partial charge in [0.25, 0.3) is 0 Å². The molecule has 2 rings (SSSR count). The Hall–Kier alpha value is -0.360. The average Bonchev–Trinajstić information content (AvgIpc) is 2.37. The van der Waals surface area contributed by atoms with Crippen LogP contribution < -0.4 is 0 Å². The van der Waals surface area contributed by atoms with E-state index in [0.717, 1.165) is 0 Å². The quantitative estimate of drug-likeness (QED) is 0.490. The monoisotopic (exact) mass is 432 g/mol. The number of benzene rings is 2. The Morgan fingerprint density at radius 3 is 2.00 bits per heavy atom. The average molecular weight is 435 g/mol. The van der Waals surface area contributed by atoms with E-state index in [1.807, 2.05) is 0 Å². The molecule has 2 aromatic carbocycles. The Kier molecular flexibility index (Phi) is 6.53. The van der Waals surface area contributed by atoms with Gasteiger partial charge in [0.1, 0.15) is 5.82 Å². The highest BCUT2D eigenvalue weighted by Gasteiger charge is 2.07. The molecular weight excluding hydrogens is 429 g/mol. The number of hydrogen-bond donors (Lipinski definition) is 1. The molecule has 0 atom stereocenters. The SMILES string of the molecule is Fc1cc(Cl)ccc1Br.Oc1c(Cl)ccc(Br)c1F. The van der Waals surface area contributed by atoms with E-state index in [0.29, 0.717) is 9.50 Å². The molecule has 0 fully saturated rings. The van der Waals surface area contributed by atoms with Gasteiger partial charge in [0.05, 0.1) is 14.0 Å². The highest BCUT2D eigenvalue weighted by atomic mass is 79.9. The van der Waals surface area contributed by atoms with Crippen LogP contribution in [0.25, 0.3) is 0 Å². The van der Waals surface area contributed by atoms with E-state index in [4.69, 9.17) is 28.3 Å². The first kappa shape index (κ1) is 16.7. The molecule has 2 aromatic rings. The molecule has 7 heteroatoms. The topological polar surface area (TPSA) is 20.2 Å². The molecule has 1 N–H and O–H groups in total. The highest BCUT2D eigenvalue weighted by Crippen LogP contribution is 2.30. The summed E-state index contributed by atoms with van der Waals surface area (Å²) in [6.45, 7) is 0. The normalized spacial score (nSPS) is 9.79. The standard InChI is InChI=1S/C6H3BrClFO.C6H3BrClF/c7-3-1-2-4(8)6(10)5(3)9;7-5-2-1-4(8)3-6(5)9/h1-2,10H;1-3H. The molecule has 0 aliphatic carbocycles. The van der Waals surface area contributed by atoms with Crippen LogP contribution in [-0.2, 0) is 0 Å². The number of hydrogen-bond acceptors (Lipinski definition) is 1. The van der Waals surface area contributed by atoms with Crippen molar-refractivity contribution >= 4 is 55.1 Å². The first-order valence-corrected chi connectivity index (χ1v) is 7.10. The fourth-order valence-corrected chi connectivity index (χ4v) is 1.86. The molecule has 102 valence electrons. The van der Waals surface area contributed by atoms with Crippen molar-refractivity contribution in [3.8, 4) is 5.75 Å². The van der Waals surface area contributed by atoms with E-state index < -0.39 is 11.6 Å². The predicted octanol–water partition coefficient (Wildman–Crippen LogP) is 6.19. The fourth-order valence-electron chi connectivity index (χ4n) is 0.987. The highest BCUT2D eigenvalue weighted by molar-refractivity contribution is 9.10. The van der Waals surface area contributed by atoms with Gasteiger partial charge in [0, 0.05) is 5.02 Å². The summed E-state index contributed by atoms with van der Waals surface area (Å²) >= 11 is 16.7. The van der Waals surface area contributed by atoms with Crippen molar-refractivity contribution in [2.24, 2.45) is 0 Å². The van der Waals surface area contributed by atoms with Crippen LogP contribution in [0.1, 0.15) is 0 Å². The lowest BCUT2D eigenvalue weighted by Gasteiger charge is -1.98. The minimum Gasteiger partial charge on any atom is -0.504 e. The molecule has 0 saturated carbocycles. The molecule has 0 spiro atoms. The van der Waals surface area contributed by atoms with E-state index in [-0.39, 0.29) is 15.3 Å². The maximum Gasteiger partial charge on any atom is 0.180 e. The smallest absolute Gasteiger partial charge is 0.180 e. The lowest BCUT2D eigenvalue weighted by Crippen LogP contribution is -1.78. The van der Waals surface area contributed by atoms with Gasteiger partial charge in [0.15, 0.2) is 11.6 Å². The molecule has 0 bridgehead atoms. The molecule has 19 heavy (non-hydrogen) atoms. The third kappa shape index (κ3) is 4.91. The predicted molar refractivity (Wildman–Crippen MR) is 79.9 cm³/mol. The van der Waals surface area contributed by atoms with Crippen molar-refractivity contribution < 1.29 is 13.9 Å². The molecule has 0 heterocycles. The molecule has 0 saturated heterocycles. The van der Waals surface area contributed by atoms with Gasteiger partial charge in [-0.2, -0.15) is 0 Å². The van der Waals surface area contributed by atoms with Gasteiger partial charge in [-0.3, -0.25) is 0 Å². The zero-order valence-corrected chi connectivity index (χ0v) is 13.8. The summed E-state index contributed by atoms with van der Waals surface area (Å²) in [5.74, 6) is -1.58. The lowest BCUT2D eigenvalue weighted by atomic mass is 10.3. The van der Waals surface area contributed by atoms with Crippen molar-refractivity contribution in [3.63, 3.8) is 0 Å². The van der Waals surface area contributed by atoms with Crippen molar-refractivity contribution in [1.29, 1.82) is 0 Å². The van der Waals surface area contributed by atoms with E-state index >= 15 is 0 Å². The van der Waals surface area contributed by atoms with Gasteiger partial charge in [-0.15, -0.1) is 0 Å². The molecule has 0 aliphatic rings. The second-order valence-corrected chi connectivity index (χ2v) is 5.80. The van der Waals surface area contributed by atoms with Crippen LogP contribution in [0, 0.1) is 11.6 Å². The molecule has 0 aromatic heterocycles. The molecule has 1 nitrogen and oxygen atoms in total. The Labute approximate surface area is 135 Å². The van der Waals surface area contributed by atoms with Gasteiger partial charge >= 0.3 is 0 Å². The summed E-state index contributed by atoms with van der Waals surface area (Å²) in [7, 11) is 0. The third-order valence-corrected chi connectivity index (χ3v) is 3.70. The Morgan fingerprint density at radius 1 is 0.947 bits per heavy atom. The van der Waals surface area contributed by atoms with Crippen LogP contribution in [-0.4, -0.2) is 5.11 Å². The van der Waals surface area contributed by atoms with Crippen LogP contribution in [0.2, 0.25) is 10.0 Å². The summed E-state index contributed by atoms with van der Waals surface area (Å²) in [5.41, 5.74) is 0. The van der Waals surface area contributed by atoms with Gasteiger partial charge in [-0.05, 0) is 62.2 Å². The zero-order valence-electron chi connectivity index (χ0n) is 9.10. The van der Waals surface area contributed by atoms with Crippen molar-refractivity contribution in [3.05, 3.63) is 61.0 Å². The lowest BCUT2D eigenvalue weighted by molar-refractivity contribution is 0.431. The summed E-state index contributed by atoms with van der Waals surface area (Å²) in [5, 5.41) is 9.28. The van der Waals surface area contributed by atoms with Gasteiger partial charge < -0.3 is 5.11 Å². The van der Waals surface area contributed by atoms with Gasteiger partial charge in [-0.25, -0.2) is 8.78 Å². The van der Waals surface area contributed by atoms with E-state index in [1.54, 1.807) is 12.1 Å². The summed E-state index contributed by atoms with van der Waals surface area (Å²) in [6, 6.07) is 7.28. The van der Waals surface area contributed by atoms with Crippen molar-refractivity contribution in [2.45, 2.75) is 0 Å². The van der Waals surface area contributed by atoms with Crippen molar-refractivity contribution in [2.75, 3.05) is 0 Å². The zero-order chi connectivity index (χ0) is 14.6.